The summed E-state index contributed by atoms with van der Waals surface area (Å²) in [6.45, 7) is 4.48. The topological polar surface area (TPSA) is 62.7 Å². The minimum atomic E-state index is -4.31. The summed E-state index contributed by atoms with van der Waals surface area (Å²) >= 11 is 5.05. The van der Waals surface area contributed by atoms with Gasteiger partial charge in [0.1, 0.15) is 5.82 Å². The van der Waals surface area contributed by atoms with Crippen LogP contribution in [0, 0.1) is 4.77 Å². The third-order valence-corrected chi connectivity index (χ3v) is 2.91. The second kappa shape index (κ2) is 6.87. The van der Waals surface area contributed by atoms with Gasteiger partial charge in [-0.15, -0.1) is 0 Å². The molecule has 0 aliphatic rings. The van der Waals surface area contributed by atoms with Gasteiger partial charge in [-0.2, -0.15) is 18.3 Å². The van der Waals surface area contributed by atoms with Gasteiger partial charge in [0.25, 0.3) is 0 Å². The highest BCUT2D eigenvalue weighted by molar-refractivity contribution is 7.71. The number of aromatic amines is 1. The van der Waals surface area contributed by atoms with Crippen molar-refractivity contribution in [1.29, 1.82) is 0 Å². The maximum atomic E-state index is 11.9. The Labute approximate surface area is 119 Å². The fraction of sp³-hybridized carbons (Fsp3) is 0.727. The number of carbonyl (C=O) groups is 1. The van der Waals surface area contributed by atoms with Crippen LogP contribution >= 0.6 is 12.2 Å². The van der Waals surface area contributed by atoms with E-state index in [0.29, 0.717) is 11.3 Å². The van der Waals surface area contributed by atoms with Crippen LogP contribution in [0.2, 0.25) is 0 Å². The van der Waals surface area contributed by atoms with Crippen LogP contribution in [0.4, 0.5) is 13.2 Å². The molecular formula is C11H17F3N4OS. The molecule has 0 bridgehead atoms. The van der Waals surface area contributed by atoms with Crippen molar-refractivity contribution in [2.75, 3.05) is 6.54 Å². The fourth-order valence-electron chi connectivity index (χ4n) is 1.64. The summed E-state index contributed by atoms with van der Waals surface area (Å²) in [7, 11) is 0. The zero-order chi connectivity index (χ0) is 15.3. The van der Waals surface area contributed by atoms with Gasteiger partial charge < -0.3 is 9.88 Å². The van der Waals surface area contributed by atoms with E-state index in [0.717, 1.165) is 5.82 Å². The lowest BCUT2D eigenvalue weighted by atomic mass is 10.2. The molecule has 0 fully saturated rings. The van der Waals surface area contributed by atoms with E-state index < -0.39 is 24.9 Å². The first kappa shape index (κ1) is 16.7. The Morgan fingerprint density at radius 2 is 2.15 bits per heavy atom. The second-order valence-electron chi connectivity index (χ2n) is 4.66. The molecule has 0 saturated carbocycles. The molecule has 0 atom stereocenters. The molecule has 114 valence electrons. The van der Waals surface area contributed by atoms with E-state index in [4.69, 9.17) is 12.2 Å². The maximum Gasteiger partial charge on any atom is 0.389 e. The number of carbonyl (C=O) groups excluding carboxylic acids is 1. The number of aromatic nitrogens is 3. The number of hydrogen-bond donors (Lipinski definition) is 2. The molecular weight excluding hydrogens is 293 g/mol. The number of nitrogens with zero attached hydrogens (tertiary/aromatic N) is 2. The van der Waals surface area contributed by atoms with Gasteiger partial charge in [0, 0.05) is 25.4 Å². The van der Waals surface area contributed by atoms with E-state index in [2.05, 4.69) is 15.5 Å². The predicted octanol–water partition coefficient (Wildman–Crippen LogP) is 2.52. The predicted molar refractivity (Wildman–Crippen MR) is 69.8 cm³/mol. The number of nitrogens with one attached hydrogen (secondary N) is 2. The highest BCUT2D eigenvalue weighted by Crippen LogP contribution is 2.20. The molecule has 1 amide bonds. The van der Waals surface area contributed by atoms with E-state index in [1.165, 1.54) is 0 Å². The Morgan fingerprint density at radius 1 is 1.50 bits per heavy atom. The molecule has 0 aliphatic carbocycles. The van der Waals surface area contributed by atoms with Crippen molar-refractivity contribution in [2.24, 2.45) is 0 Å². The lowest BCUT2D eigenvalue weighted by Crippen LogP contribution is -2.28. The Morgan fingerprint density at radius 3 is 2.70 bits per heavy atom. The van der Waals surface area contributed by atoms with Crippen LogP contribution in [-0.4, -0.2) is 33.4 Å². The first-order valence-corrected chi connectivity index (χ1v) is 6.60. The summed E-state index contributed by atoms with van der Waals surface area (Å²) in [5.74, 6) is 0.284. The van der Waals surface area contributed by atoms with Gasteiger partial charge in [0.15, 0.2) is 4.77 Å². The number of hydrogen-bond acceptors (Lipinski definition) is 3. The zero-order valence-electron chi connectivity index (χ0n) is 11.3. The van der Waals surface area contributed by atoms with Gasteiger partial charge in [-0.05, 0) is 12.2 Å². The van der Waals surface area contributed by atoms with Gasteiger partial charge in [0.05, 0.1) is 6.42 Å². The minimum absolute atomic E-state index is 0.156. The van der Waals surface area contributed by atoms with Gasteiger partial charge in [0.2, 0.25) is 5.91 Å². The number of H-pyrrole nitrogens is 1. The average molecular weight is 310 g/mol. The number of halogens is 3. The lowest BCUT2D eigenvalue weighted by Gasteiger charge is -2.10. The molecule has 9 heteroatoms. The minimum Gasteiger partial charge on any atom is -0.354 e. The van der Waals surface area contributed by atoms with Crippen LogP contribution in [-0.2, 0) is 11.3 Å². The van der Waals surface area contributed by atoms with Gasteiger partial charge in [-0.25, -0.2) is 0 Å². The molecule has 0 aromatic carbocycles. The Balaban J connectivity index is 2.43. The molecule has 0 aliphatic heterocycles. The van der Waals surface area contributed by atoms with Crippen LogP contribution in [0.5, 0.6) is 0 Å². The molecule has 5 nitrogen and oxygen atoms in total. The van der Waals surface area contributed by atoms with Crippen molar-refractivity contribution < 1.29 is 18.0 Å². The molecule has 1 aromatic heterocycles. The summed E-state index contributed by atoms with van der Waals surface area (Å²) in [4.78, 5) is 11.3. The van der Waals surface area contributed by atoms with Crippen molar-refractivity contribution in [1.82, 2.24) is 20.1 Å². The fourth-order valence-corrected chi connectivity index (χ4v) is 1.87. The van der Waals surface area contributed by atoms with Crippen molar-refractivity contribution >= 4 is 18.1 Å². The third-order valence-electron chi connectivity index (χ3n) is 2.60. The summed E-state index contributed by atoms with van der Waals surface area (Å²) in [6, 6.07) is 0. The monoisotopic (exact) mass is 310 g/mol. The second-order valence-corrected chi connectivity index (χ2v) is 5.05. The van der Waals surface area contributed by atoms with E-state index >= 15 is 0 Å². The molecule has 0 spiro atoms. The molecule has 1 rings (SSSR count). The van der Waals surface area contributed by atoms with Crippen LogP contribution in [0.1, 0.15) is 38.4 Å². The SMILES string of the molecule is CC(C)c1n[nH]c(=S)n1CCNC(=O)CCC(F)(F)F. The highest BCUT2D eigenvalue weighted by atomic mass is 32.1. The molecule has 1 heterocycles. The lowest BCUT2D eigenvalue weighted by molar-refractivity contribution is -0.144. The molecule has 0 saturated heterocycles. The molecule has 0 unspecified atom stereocenters. The Bertz CT molecular complexity index is 507. The normalized spacial score (nSPS) is 11.9. The molecule has 2 N–H and O–H groups in total. The van der Waals surface area contributed by atoms with E-state index in [1.54, 1.807) is 4.57 Å². The number of amides is 1. The highest BCUT2D eigenvalue weighted by Gasteiger charge is 2.27. The summed E-state index contributed by atoms with van der Waals surface area (Å²) in [5.41, 5.74) is 0. The van der Waals surface area contributed by atoms with Crippen LogP contribution in [0.15, 0.2) is 0 Å². The van der Waals surface area contributed by atoms with E-state index in [9.17, 15) is 18.0 Å². The maximum absolute atomic E-state index is 11.9. The summed E-state index contributed by atoms with van der Waals surface area (Å²) in [5, 5.41) is 9.16. The summed E-state index contributed by atoms with van der Waals surface area (Å²) < 4.78 is 38.0. The van der Waals surface area contributed by atoms with Crippen molar-refractivity contribution in [3.63, 3.8) is 0 Å². The van der Waals surface area contributed by atoms with Gasteiger partial charge in [-0.3, -0.25) is 9.89 Å². The van der Waals surface area contributed by atoms with E-state index in [-0.39, 0.29) is 12.5 Å². The van der Waals surface area contributed by atoms with Crippen molar-refractivity contribution in [3.8, 4) is 0 Å². The average Bonchev–Trinajstić information content (AvgIpc) is 2.68. The first-order valence-electron chi connectivity index (χ1n) is 6.19. The smallest absolute Gasteiger partial charge is 0.354 e. The largest absolute Gasteiger partial charge is 0.389 e. The quantitative estimate of drug-likeness (QED) is 0.794. The molecule has 20 heavy (non-hydrogen) atoms. The van der Waals surface area contributed by atoms with Gasteiger partial charge >= 0.3 is 6.18 Å². The zero-order valence-corrected chi connectivity index (χ0v) is 12.1. The van der Waals surface area contributed by atoms with Crippen LogP contribution in [0.3, 0.4) is 0 Å². The number of alkyl halides is 3. The Kier molecular flexibility index (Phi) is 5.73. The van der Waals surface area contributed by atoms with Gasteiger partial charge in [-0.1, -0.05) is 13.8 Å². The number of rotatable bonds is 6. The van der Waals surface area contributed by atoms with Crippen molar-refractivity contribution in [2.45, 2.75) is 45.3 Å². The Hall–Kier alpha value is -1.38. The third kappa shape index (κ3) is 5.32. The van der Waals surface area contributed by atoms with E-state index in [1.807, 2.05) is 13.8 Å². The standard InChI is InChI=1S/C11H17F3N4OS/c1-7(2)9-16-17-10(20)18(9)6-5-15-8(19)3-4-11(12,13)14/h7H,3-6H2,1-2H3,(H,15,19)(H,17,20). The van der Waals surface area contributed by atoms with Crippen LogP contribution in [0.25, 0.3) is 0 Å². The summed E-state index contributed by atoms with van der Waals surface area (Å²) in [6.07, 6.45) is -5.98. The first-order chi connectivity index (χ1) is 9.20. The van der Waals surface area contributed by atoms with Crippen LogP contribution < -0.4 is 5.32 Å². The molecule has 0 radical (unpaired) electrons. The molecule has 1 aromatic rings. The van der Waals surface area contributed by atoms with Crippen molar-refractivity contribution in [3.05, 3.63) is 10.6 Å².